The molecular weight excluding hydrogens is 424 g/mol. The highest BCUT2D eigenvalue weighted by atomic mass is 16.2. The molecule has 2 N–H and O–H groups in total. The van der Waals surface area contributed by atoms with Crippen LogP contribution in [0.15, 0.2) is 97.2 Å². The maximum Gasteiger partial charge on any atom is 0.253 e. The minimum Gasteiger partial charge on any atom is -0.350 e. The van der Waals surface area contributed by atoms with Crippen molar-refractivity contribution in [2.75, 3.05) is 13.1 Å². The number of carbonyl (C=O) groups excluding carboxylic acids is 2. The van der Waals surface area contributed by atoms with Crippen molar-refractivity contribution >= 4 is 33.6 Å². The highest BCUT2D eigenvalue weighted by molar-refractivity contribution is 6.07. The number of carbonyl (C=O) groups is 2. The Bertz CT molecular complexity index is 1490. The van der Waals surface area contributed by atoms with Gasteiger partial charge in [0.05, 0.1) is 27.9 Å². The fraction of sp³-hybridized carbons (Fsp3) is 0.0714. The van der Waals surface area contributed by atoms with Crippen molar-refractivity contribution in [3.05, 3.63) is 108 Å². The van der Waals surface area contributed by atoms with Crippen LogP contribution >= 0.6 is 0 Å². The Morgan fingerprint density at radius 3 is 2.24 bits per heavy atom. The summed E-state index contributed by atoms with van der Waals surface area (Å²) < 4.78 is 0. The van der Waals surface area contributed by atoms with Gasteiger partial charge in [-0.15, -0.1) is 0 Å². The van der Waals surface area contributed by atoms with Gasteiger partial charge in [-0.25, -0.2) is 4.98 Å². The van der Waals surface area contributed by atoms with E-state index in [1.54, 1.807) is 12.3 Å². The Kier molecular flexibility index (Phi) is 5.95. The van der Waals surface area contributed by atoms with E-state index in [1.165, 1.54) is 0 Å². The number of para-hydroxylation sites is 2. The van der Waals surface area contributed by atoms with E-state index in [-0.39, 0.29) is 11.8 Å². The van der Waals surface area contributed by atoms with Gasteiger partial charge in [0.25, 0.3) is 11.8 Å². The Hall–Kier alpha value is -4.58. The molecule has 0 aliphatic carbocycles. The third-order valence-electron chi connectivity index (χ3n) is 5.60. The zero-order valence-electron chi connectivity index (χ0n) is 18.4. The molecule has 0 atom stereocenters. The van der Waals surface area contributed by atoms with Crippen LogP contribution in [-0.2, 0) is 0 Å². The number of nitrogens with zero attached hydrogens (tertiary/aromatic N) is 2. The van der Waals surface area contributed by atoms with E-state index in [9.17, 15) is 9.59 Å². The lowest BCUT2D eigenvalue weighted by atomic mass is 10.0. The number of hydrogen-bond donors (Lipinski definition) is 2. The highest BCUT2D eigenvalue weighted by Crippen LogP contribution is 2.24. The smallest absolute Gasteiger partial charge is 0.253 e. The summed E-state index contributed by atoms with van der Waals surface area (Å²) in [6.45, 7) is 0.586. The Balaban J connectivity index is 1.29. The number of pyridine rings is 2. The van der Waals surface area contributed by atoms with Crippen LogP contribution in [0.25, 0.3) is 33.1 Å². The molecule has 0 spiro atoms. The zero-order chi connectivity index (χ0) is 23.3. The second-order valence-electron chi connectivity index (χ2n) is 7.83. The number of hydrogen-bond acceptors (Lipinski definition) is 4. The van der Waals surface area contributed by atoms with E-state index >= 15 is 0 Å². The van der Waals surface area contributed by atoms with Crippen LogP contribution in [0.1, 0.15) is 20.7 Å². The minimum atomic E-state index is -0.223. The molecule has 166 valence electrons. The van der Waals surface area contributed by atoms with Crippen molar-refractivity contribution in [1.29, 1.82) is 0 Å². The first kappa shape index (κ1) is 21.3. The monoisotopic (exact) mass is 446 g/mol. The maximum atomic E-state index is 13.1. The summed E-state index contributed by atoms with van der Waals surface area (Å²) in [5, 5.41) is 7.47. The van der Waals surface area contributed by atoms with Crippen molar-refractivity contribution in [2.24, 2.45) is 0 Å². The van der Waals surface area contributed by atoms with E-state index in [1.807, 2.05) is 84.9 Å². The van der Waals surface area contributed by atoms with Crippen LogP contribution in [-0.4, -0.2) is 34.9 Å². The first-order valence-corrected chi connectivity index (χ1v) is 11.1. The molecule has 5 aromatic rings. The molecule has 2 heterocycles. The second kappa shape index (κ2) is 9.50. The van der Waals surface area contributed by atoms with Crippen LogP contribution < -0.4 is 10.6 Å². The topological polar surface area (TPSA) is 84.0 Å². The van der Waals surface area contributed by atoms with Gasteiger partial charge < -0.3 is 10.6 Å². The Morgan fingerprint density at radius 1 is 0.706 bits per heavy atom. The summed E-state index contributed by atoms with van der Waals surface area (Å²) >= 11 is 0. The van der Waals surface area contributed by atoms with Crippen LogP contribution in [0.2, 0.25) is 0 Å². The van der Waals surface area contributed by atoms with Gasteiger partial charge in [-0.3, -0.25) is 14.6 Å². The van der Waals surface area contributed by atoms with Crippen molar-refractivity contribution in [2.45, 2.75) is 0 Å². The molecule has 3 aromatic carbocycles. The molecule has 0 saturated heterocycles. The Morgan fingerprint density at radius 2 is 1.41 bits per heavy atom. The zero-order valence-corrected chi connectivity index (χ0v) is 18.4. The van der Waals surface area contributed by atoms with Gasteiger partial charge in [0.1, 0.15) is 0 Å². The van der Waals surface area contributed by atoms with Crippen LogP contribution in [0.5, 0.6) is 0 Å². The lowest BCUT2D eigenvalue weighted by molar-refractivity contribution is 0.0929. The molecule has 2 amide bonds. The van der Waals surface area contributed by atoms with Gasteiger partial charge in [0.2, 0.25) is 0 Å². The highest BCUT2D eigenvalue weighted by Gasteiger charge is 2.14. The van der Waals surface area contributed by atoms with Crippen molar-refractivity contribution in [1.82, 2.24) is 20.6 Å². The van der Waals surface area contributed by atoms with E-state index < -0.39 is 0 Å². The van der Waals surface area contributed by atoms with E-state index in [4.69, 9.17) is 4.98 Å². The first-order valence-electron chi connectivity index (χ1n) is 11.1. The normalized spacial score (nSPS) is 10.8. The average Bonchev–Trinajstić information content (AvgIpc) is 2.90. The molecule has 0 unspecified atom stereocenters. The molecule has 0 saturated carbocycles. The predicted molar refractivity (Wildman–Crippen MR) is 134 cm³/mol. The first-order chi connectivity index (χ1) is 16.7. The summed E-state index contributed by atoms with van der Waals surface area (Å²) in [5.74, 6) is -0.434. The number of rotatable bonds is 6. The molecule has 2 aromatic heterocycles. The average molecular weight is 447 g/mol. The maximum absolute atomic E-state index is 13.1. The Labute approximate surface area is 196 Å². The van der Waals surface area contributed by atoms with Crippen molar-refractivity contribution in [3.8, 4) is 11.3 Å². The summed E-state index contributed by atoms with van der Waals surface area (Å²) in [6, 6.07) is 28.4. The SMILES string of the molecule is O=C(NCCNC(=O)c1cccc2cccnc12)c1cc(-c2ccccc2)nc2ccccc12. The van der Waals surface area contributed by atoms with E-state index in [0.717, 1.165) is 27.5 Å². The summed E-state index contributed by atoms with van der Waals surface area (Å²) in [4.78, 5) is 34.8. The summed E-state index contributed by atoms with van der Waals surface area (Å²) in [6.07, 6.45) is 1.67. The van der Waals surface area contributed by atoms with Crippen molar-refractivity contribution < 1.29 is 9.59 Å². The van der Waals surface area contributed by atoms with Gasteiger partial charge in [-0.2, -0.15) is 0 Å². The fourth-order valence-corrected chi connectivity index (χ4v) is 3.95. The third-order valence-corrected chi connectivity index (χ3v) is 5.60. The largest absolute Gasteiger partial charge is 0.350 e. The minimum absolute atomic E-state index is 0.211. The number of fused-ring (bicyclic) bond motifs is 2. The molecule has 0 radical (unpaired) electrons. The second-order valence-corrected chi connectivity index (χ2v) is 7.83. The number of benzene rings is 3. The standard InChI is InChI=1S/C28H22N4O2/c33-27(22-13-6-10-20-11-7-15-29-26(20)22)30-16-17-31-28(34)23-18-25(19-8-2-1-3-9-19)32-24-14-5-4-12-21(23)24/h1-15,18H,16-17H2,(H,30,33)(H,31,34). The predicted octanol–water partition coefficient (Wildman–Crippen LogP) is 4.61. The molecule has 6 heteroatoms. The quantitative estimate of drug-likeness (QED) is 0.373. The van der Waals surface area contributed by atoms with Gasteiger partial charge >= 0.3 is 0 Å². The van der Waals surface area contributed by atoms with Gasteiger partial charge in [-0.05, 0) is 24.3 Å². The molecule has 34 heavy (non-hydrogen) atoms. The molecule has 0 aliphatic rings. The van der Waals surface area contributed by atoms with Crippen LogP contribution in [0, 0.1) is 0 Å². The van der Waals surface area contributed by atoms with Gasteiger partial charge in [0, 0.05) is 35.6 Å². The molecule has 0 fully saturated rings. The summed E-state index contributed by atoms with van der Waals surface area (Å²) in [7, 11) is 0. The van der Waals surface area contributed by atoms with Crippen molar-refractivity contribution in [3.63, 3.8) is 0 Å². The number of amides is 2. The van der Waals surface area contributed by atoms with E-state index in [2.05, 4.69) is 15.6 Å². The summed E-state index contributed by atoms with van der Waals surface area (Å²) in [5.41, 5.74) is 4.15. The van der Waals surface area contributed by atoms with Crippen LogP contribution in [0.4, 0.5) is 0 Å². The van der Waals surface area contributed by atoms with Gasteiger partial charge in [-0.1, -0.05) is 66.7 Å². The molecule has 6 nitrogen and oxygen atoms in total. The lowest BCUT2D eigenvalue weighted by Crippen LogP contribution is -2.35. The third kappa shape index (κ3) is 4.34. The number of aromatic nitrogens is 2. The molecule has 5 rings (SSSR count). The van der Waals surface area contributed by atoms with E-state index in [0.29, 0.717) is 29.7 Å². The molecule has 0 bridgehead atoms. The number of nitrogens with one attached hydrogen (secondary N) is 2. The lowest BCUT2D eigenvalue weighted by Gasteiger charge is -2.11. The molecule has 0 aliphatic heterocycles. The molecular formula is C28H22N4O2. The van der Waals surface area contributed by atoms with Gasteiger partial charge in [0.15, 0.2) is 0 Å². The van der Waals surface area contributed by atoms with Crippen LogP contribution in [0.3, 0.4) is 0 Å². The fourth-order valence-electron chi connectivity index (χ4n) is 3.95.